The number of hydrogen-bond acceptors (Lipinski definition) is 4. The molecule has 0 saturated carbocycles. The maximum absolute atomic E-state index is 13.8. The number of carboxylic acid groups (broad SMARTS) is 1. The van der Waals surface area contributed by atoms with Crippen molar-refractivity contribution in [2.45, 2.75) is 44.9 Å². The minimum Gasteiger partial charge on any atom is -0.476 e. The van der Waals surface area contributed by atoms with Gasteiger partial charge in [0.2, 0.25) is 0 Å². The predicted octanol–water partition coefficient (Wildman–Crippen LogP) is 4.45. The van der Waals surface area contributed by atoms with E-state index in [2.05, 4.69) is 10.4 Å². The molecule has 3 aromatic rings. The van der Waals surface area contributed by atoms with Crippen LogP contribution in [0, 0.1) is 5.82 Å². The average Bonchev–Trinajstić information content (AvgIpc) is 3.24. The zero-order valence-electron chi connectivity index (χ0n) is 20.4. The van der Waals surface area contributed by atoms with Gasteiger partial charge >= 0.3 is 12.1 Å². The lowest BCUT2D eigenvalue weighted by molar-refractivity contribution is -0.137. The number of hydrogen-bond donors (Lipinski definition) is 2. The number of anilines is 1. The van der Waals surface area contributed by atoms with Gasteiger partial charge in [0.1, 0.15) is 17.7 Å². The monoisotopic (exact) mass is 532 g/mol. The average molecular weight is 532 g/mol. The first-order chi connectivity index (χ1) is 18.0. The molecule has 1 aliphatic heterocycles. The number of carboxylic acids is 1. The lowest BCUT2D eigenvalue weighted by Crippen LogP contribution is -2.55. The van der Waals surface area contributed by atoms with Crippen molar-refractivity contribution in [2.24, 2.45) is 0 Å². The van der Waals surface area contributed by atoms with Crippen LogP contribution in [0.1, 0.15) is 63.7 Å². The summed E-state index contributed by atoms with van der Waals surface area (Å²) in [7, 11) is 0. The van der Waals surface area contributed by atoms with Crippen LogP contribution in [0.5, 0.6) is 0 Å². The summed E-state index contributed by atoms with van der Waals surface area (Å²) in [5.41, 5.74) is -1.24. The zero-order valence-corrected chi connectivity index (χ0v) is 20.4. The minimum absolute atomic E-state index is 0.104. The van der Waals surface area contributed by atoms with Gasteiger partial charge in [0.05, 0.1) is 5.56 Å². The Morgan fingerprint density at radius 1 is 1.11 bits per heavy atom. The third-order valence-electron chi connectivity index (χ3n) is 6.32. The van der Waals surface area contributed by atoms with Crippen molar-refractivity contribution in [3.8, 4) is 0 Å². The van der Waals surface area contributed by atoms with Crippen LogP contribution in [-0.4, -0.2) is 45.3 Å². The number of likely N-dealkylation sites (N-methyl/N-ethyl adjacent to an activating group) is 1. The first kappa shape index (κ1) is 26.8. The molecule has 2 N–H and O–H groups in total. The molecule has 2 heterocycles. The number of aryl methyl sites for hydroxylation is 1. The zero-order chi connectivity index (χ0) is 27.8. The number of fused-ring (bicyclic) bond motifs is 1. The number of aromatic nitrogens is 2. The van der Waals surface area contributed by atoms with Gasteiger partial charge in [-0.2, -0.15) is 18.3 Å². The molecule has 0 aliphatic carbocycles. The highest BCUT2D eigenvalue weighted by molar-refractivity contribution is 6.06. The first-order valence-electron chi connectivity index (χ1n) is 11.9. The summed E-state index contributed by atoms with van der Waals surface area (Å²) in [6.07, 6.45) is -4.11. The second kappa shape index (κ2) is 10.3. The molecule has 0 unspecified atom stereocenters. The Morgan fingerprint density at radius 2 is 1.79 bits per heavy atom. The number of carbonyl (C=O) groups is 3. The van der Waals surface area contributed by atoms with E-state index < -0.39 is 47.3 Å². The molecule has 0 saturated heterocycles. The van der Waals surface area contributed by atoms with Gasteiger partial charge in [-0.3, -0.25) is 14.5 Å². The van der Waals surface area contributed by atoms with E-state index in [4.69, 9.17) is 0 Å². The topological polar surface area (TPSA) is 105 Å². The Kier molecular flexibility index (Phi) is 7.25. The molecule has 0 spiro atoms. The number of aromatic carboxylic acids is 1. The maximum atomic E-state index is 13.8. The van der Waals surface area contributed by atoms with Gasteiger partial charge in [-0.05, 0) is 49.2 Å². The SMILES string of the molecule is CCCn1nc(C(=O)O)c2c1N(CC)C(=O)[C@H](NC(=O)c1cccc(C(F)(F)F)c1)[C@@H]2c1ccc(F)cc1. The molecule has 0 fully saturated rings. The van der Waals surface area contributed by atoms with E-state index in [0.29, 0.717) is 24.6 Å². The van der Waals surface area contributed by atoms with E-state index in [1.165, 1.54) is 27.8 Å². The largest absolute Gasteiger partial charge is 0.476 e. The highest BCUT2D eigenvalue weighted by Crippen LogP contribution is 2.43. The lowest BCUT2D eigenvalue weighted by atomic mass is 9.80. The molecule has 0 bridgehead atoms. The summed E-state index contributed by atoms with van der Waals surface area (Å²) in [5.74, 6) is -4.36. The molecule has 2 aromatic carbocycles. The Hall–Kier alpha value is -4.22. The van der Waals surface area contributed by atoms with E-state index in [0.717, 1.165) is 24.3 Å². The van der Waals surface area contributed by atoms with Crippen molar-refractivity contribution in [2.75, 3.05) is 11.4 Å². The van der Waals surface area contributed by atoms with Gasteiger partial charge < -0.3 is 10.4 Å². The number of halogens is 4. The fraction of sp³-hybridized carbons (Fsp3) is 0.308. The van der Waals surface area contributed by atoms with Gasteiger partial charge in [0, 0.05) is 30.1 Å². The molecular formula is C26H24F4N4O4. The molecule has 0 radical (unpaired) electrons. The van der Waals surface area contributed by atoms with Gasteiger partial charge in [-0.1, -0.05) is 25.1 Å². The van der Waals surface area contributed by atoms with Crippen molar-refractivity contribution in [3.05, 3.63) is 82.3 Å². The van der Waals surface area contributed by atoms with Crippen molar-refractivity contribution < 1.29 is 37.1 Å². The summed E-state index contributed by atoms with van der Waals surface area (Å²) in [6.45, 7) is 3.92. The maximum Gasteiger partial charge on any atom is 0.416 e. The molecule has 200 valence electrons. The smallest absolute Gasteiger partial charge is 0.416 e. The van der Waals surface area contributed by atoms with E-state index in [9.17, 15) is 37.1 Å². The normalized spacial score (nSPS) is 17.3. The summed E-state index contributed by atoms with van der Waals surface area (Å²) in [5, 5.41) is 16.7. The number of benzene rings is 2. The standard InChI is InChI=1S/C26H24F4N4O4/c1-3-12-34-23-19(21(32-34)25(37)38)18(14-8-10-17(27)11-9-14)20(24(36)33(23)4-2)31-22(35)15-6-5-7-16(13-15)26(28,29)30/h5-11,13,18,20H,3-4,12H2,1-2H3,(H,31,35)(H,37,38)/t18-,20-/m1/s1. The van der Waals surface area contributed by atoms with Crippen molar-refractivity contribution in [1.29, 1.82) is 0 Å². The number of amides is 2. The van der Waals surface area contributed by atoms with E-state index in [-0.39, 0.29) is 29.2 Å². The Balaban J connectivity index is 1.89. The van der Waals surface area contributed by atoms with Crippen LogP contribution in [-0.2, 0) is 17.5 Å². The molecule has 1 aliphatic rings. The quantitative estimate of drug-likeness (QED) is 0.438. The fourth-order valence-electron chi connectivity index (χ4n) is 4.69. The summed E-state index contributed by atoms with van der Waals surface area (Å²) in [4.78, 5) is 40.5. The first-order valence-corrected chi connectivity index (χ1v) is 11.9. The van der Waals surface area contributed by atoms with Crippen LogP contribution in [0.25, 0.3) is 0 Å². The van der Waals surface area contributed by atoms with Crippen LogP contribution in [0.4, 0.5) is 23.4 Å². The van der Waals surface area contributed by atoms with E-state index in [1.807, 2.05) is 6.92 Å². The van der Waals surface area contributed by atoms with Crippen molar-refractivity contribution >= 4 is 23.6 Å². The van der Waals surface area contributed by atoms with E-state index in [1.54, 1.807) is 6.92 Å². The van der Waals surface area contributed by atoms with Gasteiger partial charge in [0.25, 0.3) is 11.8 Å². The van der Waals surface area contributed by atoms with Crippen LogP contribution < -0.4 is 10.2 Å². The molecule has 12 heteroatoms. The Labute approximate surface area is 214 Å². The highest BCUT2D eigenvalue weighted by Gasteiger charge is 2.47. The summed E-state index contributed by atoms with van der Waals surface area (Å²) < 4.78 is 54.9. The van der Waals surface area contributed by atoms with Gasteiger partial charge in [-0.15, -0.1) is 0 Å². The van der Waals surface area contributed by atoms with Crippen LogP contribution in [0.2, 0.25) is 0 Å². The molecule has 1 aromatic heterocycles. The molecule has 38 heavy (non-hydrogen) atoms. The molecular weight excluding hydrogens is 508 g/mol. The second-order valence-corrected chi connectivity index (χ2v) is 8.76. The Morgan fingerprint density at radius 3 is 2.37 bits per heavy atom. The predicted molar refractivity (Wildman–Crippen MR) is 128 cm³/mol. The van der Waals surface area contributed by atoms with E-state index >= 15 is 0 Å². The lowest BCUT2D eigenvalue weighted by Gasteiger charge is -2.38. The van der Waals surface area contributed by atoms with Gasteiger partial charge in [0.15, 0.2) is 5.69 Å². The minimum atomic E-state index is -4.69. The third kappa shape index (κ3) is 4.85. The third-order valence-corrected chi connectivity index (χ3v) is 6.32. The second-order valence-electron chi connectivity index (χ2n) is 8.76. The molecule has 2 amide bonds. The molecule has 8 nitrogen and oxygen atoms in total. The van der Waals surface area contributed by atoms with Crippen LogP contribution in [0.15, 0.2) is 48.5 Å². The Bertz CT molecular complexity index is 1380. The van der Waals surface area contributed by atoms with Crippen LogP contribution in [0.3, 0.4) is 0 Å². The van der Waals surface area contributed by atoms with Gasteiger partial charge in [-0.25, -0.2) is 13.9 Å². The number of nitrogens with one attached hydrogen (secondary N) is 1. The molecule has 2 atom stereocenters. The highest BCUT2D eigenvalue weighted by atomic mass is 19.4. The number of carbonyl (C=O) groups excluding carboxylic acids is 2. The summed E-state index contributed by atoms with van der Waals surface area (Å²) >= 11 is 0. The summed E-state index contributed by atoms with van der Waals surface area (Å²) in [6, 6.07) is 7.32. The van der Waals surface area contributed by atoms with Crippen molar-refractivity contribution in [1.82, 2.24) is 15.1 Å². The molecule has 4 rings (SSSR count). The van der Waals surface area contributed by atoms with Crippen molar-refractivity contribution in [3.63, 3.8) is 0 Å². The number of nitrogens with zero attached hydrogens (tertiary/aromatic N) is 3. The fourth-order valence-corrected chi connectivity index (χ4v) is 4.69. The van der Waals surface area contributed by atoms with Crippen LogP contribution >= 0.6 is 0 Å². The number of rotatable bonds is 7. The number of alkyl halides is 3.